The van der Waals surface area contributed by atoms with Crippen LogP contribution in [0.3, 0.4) is 0 Å². The number of aromatic nitrogens is 4. The summed E-state index contributed by atoms with van der Waals surface area (Å²) in [4.78, 5) is 4.03. The monoisotopic (exact) mass is 476 g/mol. The summed E-state index contributed by atoms with van der Waals surface area (Å²) in [6, 6.07) is 8.09. The van der Waals surface area contributed by atoms with Crippen LogP contribution in [0.25, 0.3) is 16.8 Å². The molecule has 6 nitrogen and oxygen atoms in total. The number of fused-ring (bicyclic) bond motifs is 1. The van der Waals surface area contributed by atoms with E-state index in [4.69, 9.17) is 9.47 Å². The molecule has 10 heteroatoms. The van der Waals surface area contributed by atoms with Gasteiger partial charge >= 0.3 is 6.18 Å². The fourth-order valence-corrected chi connectivity index (χ4v) is 3.28. The van der Waals surface area contributed by atoms with E-state index in [2.05, 4.69) is 15.2 Å². The van der Waals surface area contributed by atoms with Gasteiger partial charge < -0.3 is 9.47 Å². The lowest BCUT2D eigenvalue weighted by Gasteiger charge is -2.15. The van der Waals surface area contributed by atoms with Gasteiger partial charge in [-0.05, 0) is 49.2 Å². The molecule has 0 unspecified atom stereocenters. The molecule has 3 heterocycles. The molecule has 0 amide bonds. The van der Waals surface area contributed by atoms with Crippen LogP contribution in [-0.2, 0) is 17.5 Å². The summed E-state index contributed by atoms with van der Waals surface area (Å²) in [5.41, 5.74) is -0.888. The molecule has 0 N–H and O–H groups in total. The molecule has 4 rings (SSSR count). The highest BCUT2D eigenvalue weighted by atomic mass is 19.4. The van der Waals surface area contributed by atoms with E-state index in [-0.39, 0.29) is 35.0 Å². The summed E-state index contributed by atoms with van der Waals surface area (Å²) in [5.74, 6) is -0.313. The van der Waals surface area contributed by atoms with Gasteiger partial charge in [-0.1, -0.05) is 19.9 Å². The van der Waals surface area contributed by atoms with E-state index in [1.54, 1.807) is 26.0 Å². The molecule has 0 spiro atoms. The number of ether oxygens (including phenoxy) is 2. The normalized spacial score (nSPS) is 11.3. The number of hydrogen-bond donors (Lipinski definition) is 0. The lowest BCUT2D eigenvalue weighted by molar-refractivity contribution is -0.136. The van der Waals surface area contributed by atoms with Crippen molar-refractivity contribution in [3.8, 4) is 22.6 Å². The first kappa shape index (κ1) is 25.1. The minimum Gasteiger partial charge on any atom is -0.454 e. The van der Waals surface area contributed by atoms with E-state index in [0.29, 0.717) is 18.1 Å². The summed E-state index contributed by atoms with van der Waals surface area (Å²) < 4.78 is 68.7. The van der Waals surface area contributed by atoms with Crippen molar-refractivity contribution in [2.24, 2.45) is 0 Å². The summed E-state index contributed by atoms with van der Waals surface area (Å²) >= 11 is 0. The standard InChI is InChI=1S/C22H18F4N4O2.C2H6/c1-3-31-12-19-28-29-21-20(22(24,25)26)16(7-9-30(19)21)14-4-5-18(17(23)11-14)32-15-6-8-27-13(2)10-15;1-2/h4-11H,3,12H2,1-2H3;1-2H3. The maximum absolute atomic E-state index is 14.7. The van der Waals surface area contributed by atoms with Crippen molar-refractivity contribution < 1.29 is 27.0 Å². The van der Waals surface area contributed by atoms with Gasteiger partial charge in [-0.3, -0.25) is 9.38 Å². The first-order valence-corrected chi connectivity index (χ1v) is 10.7. The Hall–Kier alpha value is -3.53. The van der Waals surface area contributed by atoms with Crippen molar-refractivity contribution in [3.05, 3.63) is 71.7 Å². The number of nitrogens with zero attached hydrogens (tertiary/aromatic N) is 4. The highest BCUT2D eigenvalue weighted by Gasteiger charge is 2.38. The molecule has 0 atom stereocenters. The molecule has 0 aliphatic heterocycles. The minimum absolute atomic E-state index is 0.0173. The molecule has 1 aromatic carbocycles. The highest BCUT2D eigenvalue weighted by Crippen LogP contribution is 2.40. The SMILES string of the molecule is CC.CCOCc1nnc2c(C(F)(F)F)c(-c3ccc(Oc4ccnc(C)c4)c(F)c3)ccn12. The van der Waals surface area contributed by atoms with Gasteiger partial charge in [0.15, 0.2) is 23.0 Å². The van der Waals surface area contributed by atoms with E-state index in [1.807, 2.05) is 13.8 Å². The third-order valence-electron chi connectivity index (χ3n) is 4.71. The first-order valence-electron chi connectivity index (χ1n) is 10.7. The van der Waals surface area contributed by atoms with E-state index < -0.39 is 17.6 Å². The van der Waals surface area contributed by atoms with Gasteiger partial charge in [0.2, 0.25) is 0 Å². The van der Waals surface area contributed by atoms with E-state index in [0.717, 1.165) is 6.07 Å². The van der Waals surface area contributed by atoms with E-state index in [9.17, 15) is 17.6 Å². The number of hydrogen-bond acceptors (Lipinski definition) is 5. The summed E-state index contributed by atoms with van der Waals surface area (Å²) in [6.45, 7) is 7.92. The Labute approximate surface area is 194 Å². The Bertz CT molecular complexity index is 1270. The van der Waals surface area contributed by atoms with Gasteiger partial charge in [0.25, 0.3) is 0 Å². The predicted octanol–water partition coefficient (Wildman–Crippen LogP) is 6.61. The van der Waals surface area contributed by atoms with Crippen LogP contribution in [-0.4, -0.2) is 26.2 Å². The molecule has 0 aliphatic rings. The number of aryl methyl sites for hydroxylation is 1. The van der Waals surface area contributed by atoms with Crippen LogP contribution in [0, 0.1) is 12.7 Å². The maximum atomic E-state index is 14.7. The van der Waals surface area contributed by atoms with Gasteiger partial charge in [-0.2, -0.15) is 13.2 Å². The zero-order chi connectivity index (χ0) is 24.9. The molecule has 0 saturated heterocycles. The van der Waals surface area contributed by atoms with Crippen LogP contribution in [0.4, 0.5) is 17.6 Å². The largest absolute Gasteiger partial charge is 0.454 e. The van der Waals surface area contributed by atoms with Crippen molar-refractivity contribution in [1.82, 2.24) is 19.6 Å². The van der Waals surface area contributed by atoms with Gasteiger partial charge in [-0.25, -0.2) is 4.39 Å². The Morgan fingerprint density at radius 3 is 2.44 bits per heavy atom. The second-order valence-electron chi connectivity index (χ2n) is 6.93. The molecule has 0 aliphatic carbocycles. The average Bonchev–Trinajstić information content (AvgIpc) is 3.22. The molecule has 0 fully saturated rings. The average molecular weight is 476 g/mol. The van der Waals surface area contributed by atoms with Crippen molar-refractivity contribution in [2.75, 3.05) is 6.61 Å². The Morgan fingerprint density at radius 1 is 1.03 bits per heavy atom. The second-order valence-corrected chi connectivity index (χ2v) is 6.93. The Morgan fingerprint density at radius 2 is 1.79 bits per heavy atom. The van der Waals surface area contributed by atoms with Crippen LogP contribution in [0.5, 0.6) is 11.5 Å². The molecule has 0 radical (unpaired) electrons. The van der Waals surface area contributed by atoms with Gasteiger partial charge in [0.1, 0.15) is 17.9 Å². The second kappa shape index (κ2) is 10.6. The highest BCUT2D eigenvalue weighted by molar-refractivity contribution is 5.75. The third-order valence-corrected chi connectivity index (χ3v) is 4.71. The molecule has 180 valence electrons. The lowest BCUT2D eigenvalue weighted by atomic mass is 10.0. The molecule has 0 bridgehead atoms. The van der Waals surface area contributed by atoms with Crippen LogP contribution < -0.4 is 4.74 Å². The van der Waals surface area contributed by atoms with Crippen LogP contribution in [0.2, 0.25) is 0 Å². The third kappa shape index (κ3) is 5.33. The quantitative estimate of drug-likeness (QED) is 0.293. The molecule has 4 aromatic rings. The summed E-state index contributed by atoms with van der Waals surface area (Å²) in [7, 11) is 0. The molecule has 34 heavy (non-hydrogen) atoms. The zero-order valence-electron chi connectivity index (χ0n) is 19.2. The number of rotatable bonds is 6. The fraction of sp³-hybridized carbons (Fsp3) is 0.292. The zero-order valence-corrected chi connectivity index (χ0v) is 19.2. The number of alkyl halides is 3. The molecular weight excluding hydrogens is 452 g/mol. The van der Waals surface area contributed by atoms with Crippen LogP contribution in [0.1, 0.15) is 37.9 Å². The van der Waals surface area contributed by atoms with Crippen LogP contribution >= 0.6 is 0 Å². The van der Waals surface area contributed by atoms with Crippen molar-refractivity contribution in [3.63, 3.8) is 0 Å². The maximum Gasteiger partial charge on any atom is 0.420 e. The van der Waals surface area contributed by atoms with Crippen molar-refractivity contribution >= 4 is 5.65 Å². The lowest BCUT2D eigenvalue weighted by Crippen LogP contribution is -2.11. The van der Waals surface area contributed by atoms with E-state index in [1.165, 1.54) is 35.0 Å². The predicted molar refractivity (Wildman–Crippen MR) is 119 cm³/mol. The smallest absolute Gasteiger partial charge is 0.420 e. The van der Waals surface area contributed by atoms with E-state index >= 15 is 0 Å². The molecule has 3 aromatic heterocycles. The van der Waals surface area contributed by atoms with Crippen molar-refractivity contribution in [2.45, 2.75) is 40.5 Å². The fourth-order valence-electron chi connectivity index (χ4n) is 3.28. The number of benzene rings is 1. The van der Waals surface area contributed by atoms with Gasteiger partial charge in [-0.15, -0.1) is 10.2 Å². The topological polar surface area (TPSA) is 61.5 Å². The molecular formula is C24H24F4N4O2. The minimum atomic E-state index is -4.74. The Kier molecular flexibility index (Phi) is 7.83. The van der Waals surface area contributed by atoms with Crippen LogP contribution in [0.15, 0.2) is 48.8 Å². The number of pyridine rings is 2. The summed E-state index contributed by atoms with van der Waals surface area (Å²) in [6.07, 6.45) is -1.82. The van der Waals surface area contributed by atoms with Crippen molar-refractivity contribution in [1.29, 1.82) is 0 Å². The number of halogens is 4. The van der Waals surface area contributed by atoms with Gasteiger partial charge in [0.05, 0.1) is 0 Å². The first-order chi connectivity index (χ1) is 16.3. The van der Waals surface area contributed by atoms with Gasteiger partial charge in [0, 0.05) is 30.8 Å². The summed E-state index contributed by atoms with van der Waals surface area (Å²) in [5, 5.41) is 7.53. The molecule has 0 saturated carbocycles. The Balaban J connectivity index is 0.00000158.